The molecule has 1 fully saturated rings. The molecule has 0 saturated carbocycles. The quantitative estimate of drug-likeness (QED) is 0.491. The van der Waals surface area contributed by atoms with Gasteiger partial charge in [-0.2, -0.15) is 5.10 Å². The van der Waals surface area contributed by atoms with Crippen molar-refractivity contribution in [3.63, 3.8) is 0 Å². The van der Waals surface area contributed by atoms with Gasteiger partial charge in [-0.15, -0.1) is 0 Å². The number of ether oxygens (including phenoxy) is 3. The van der Waals surface area contributed by atoms with E-state index in [4.69, 9.17) is 14.2 Å². The number of hydrogen-bond acceptors (Lipinski definition) is 6. The van der Waals surface area contributed by atoms with E-state index in [-0.39, 0.29) is 18.2 Å². The first-order valence-corrected chi connectivity index (χ1v) is 9.95. The SMILES string of the molecule is COc1cc(/C=N\NC(=O)C2CC(=O)N(c3ccc(Br)cc3)C2)cc(OC)c1OC. The lowest BCUT2D eigenvalue weighted by molar-refractivity contribution is -0.126. The molecule has 2 aromatic carbocycles. The zero-order chi connectivity index (χ0) is 21.7. The molecule has 0 spiro atoms. The highest BCUT2D eigenvalue weighted by molar-refractivity contribution is 9.10. The van der Waals surface area contributed by atoms with Gasteiger partial charge in [0.25, 0.3) is 0 Å². The molecule has 8 nitrogen and oxygen atoms in total. The van der Waals surface area contributed by atoms with Crippen LogP contribution in [-0.2, 0) is 9.59 Å². The lowest BCUT2D eigenvalue weighted by Crippen LogP contribution is -2.30. The summed E-state index contributed by atoms with van der Waals surface area (Å²) in [5, 5.41) is 4.01. The van der Waals surface area contributed by atoms with Gasteiger partial charge in [0, 0.05) is 28.7 Å². The second kappa shape index (κ2) is 9.62. The van der Waals surface area contributed by atoms with Gasteiger partial charge >= 0.3 is 0 Å². The van der Waals surface area contributed by atoms with E-state index >= 15 is 0 Å². The molecule has 1 unspecified atom stereocenters. The van der Waals surface area contributed by atoms with Gasteiger partial charge in [-0.25, -0.2) is 5.43 Å². The lowest BCUT2D eigenvalue weighted by atomic mass is 10.1. The highest BCUT2D eigenvalue weighted by atomic mass is 79.9. The van der Waals surface area contributed by atoms with Crippen molar-refractivity contribution in [1.82, 2.24) is 5.43 Å². The fourth-order valence-corrected chi connectivity index (χ4v) is 3.46. The fourth-order valence-electron chi connectivity index (χ4n) is 3.19. The Kier molecular flexibility index (Phi) is 6.94. The zero-order valence-electron chi connectivity index (χ0n) is 16.8. The van der Waals surface area contributed by atoms with Gasteiger partial charge in [-0.1, -0.05) is 15.9 Å². The molecule has 0 bridgehead atoms. The Bertz CT molecular complexity index is 937. The van der Waals surface area contributed by atoms with E-state index in [0.29, 0.717) is 29.4 Å². The number of benzene rings is 2. The molecule has 1 atom stereocenters. The molecule has 0 aliphatic carbocycles. The van der Waals surface area contributed by atoms with Crippen molar-refractivity contribution in [2.75, 3.05) is 32.8 Å². The Morgan fingerprint density at radius 2 is 1.77 bits per heavy atom. The minimum Gasteiger partial charge on any atom is -0.493 e. The number of hydrogen-bond donors (Lipinski definition) is 1. The van der Waals surface area contributed by atoms with E-state index < -0.39 is 5.92 Å². The van der Waals surface area contributed by atoms with Gasteiger partial charge in [0.15, 0.2) is 11.5 Å². The number of amides is 2. The molecule has 1 aliphatic rings. The predicted molar refractivity (Wildman–Crippen MR) is 116 cm³/mol. The van der Waals surface area contributed by atoms with Gasteiger partial charge in [0.2, 0.25) is 17.6 Å². The van der Waals surface area contributed by atoms with Crippen LogP contribution >= 0.6 is 15.9 Å². The smallest absolute Gasteiger partial charge is 0.245 e. The molecule has 1 saturated heterocycles. The average Bonchev–Trinajstić information content (AvgIpc) is 3.15. The first kappa shape index (κ1) is 21.6. The second-order valence-electron chi connectivity index (χ2n) is 6.57. The molecule has 1 heterocycles. The van der Waals surface area contributed by atoms with E-state index in [1.807, 2.05) is 24.3 Å². The third-order valence-corrected chi connectivity index (χ3v) is 5.24. The van der Waals surface area contributed by atoms with E-state index in [0.717, 1.165) is 10.2 Å². The molecular formula is C21H22BrN3O5. The number of anilines is 1. The normalized spacial score (nSPS) is 16.1. The van der Waals surface area contributed by atoms with Crippen molar-refractivity contribution >= 4 is 39.6 Å². The van der Waals surface area contributed by atoms with E-state index in [1.165, 1.54) is 27.5 Å². The lowest BCUT2D eigenvalue weighted by Gasteiger charge is -2.16. The first-order valence-electron chi connectivity index (χ1n) is 9.15. The molecule has 1 aliphatic heterocycles. The number of rotatable bonds is 7. The predicted octanol–water partition coefficient (Wildman–Crippen LogP) is 2.98. The number of carbonyl (C=O) groups excluding carboxylic acids is 2. The highest BCUT2D eigenvalue weighted by Crippen LogP contribution is 2.37. The summed E-state index contributed by atoms with van der Waals surface area (Å²) in [6.07, 6.45) is 1.62. The van der Waals surface area contributed by atoms with Gasteiger partial charge in [-0.3, -0.25) is 9.59 Å². The molecule has 3 rings (SSSR count). The van der Waals surface area contributed by atoms with Crippen LogP contribution in [-0.4, -0.2) is 45.9 Å². The minimum atomic E-state index is -0.474. The maximum atomic E-state index is 12.5. The summed E-state index contributed by atoms with van der Waals surface area (Å²) in [6.45, 7) is 0.312. The first-order chi connectivity index (χ1) is 14.5. The number of carbonyl (C=O) groups is 2. The monoisotopic (exact) mass is 475 g/mol. The van der Waals surface area contributed by atoms with Crippen LogP contribution < -0.4 is 24.5 Å². The van der Waals surface area contributed by atoms with Crippen LogP contribution in [0.25, 0.3) is 0 Å². The highest BCUT2D eigenvalue weighted by Gasteiger charge is 2.35. The van der Waals surface area contributed by atoms with Crippen molar-refractivity contribution in [1.29, 1.82) is 0 Å². The van der Waals surface area contributed by atoms with Crippen molar-refractivity contribution < 1.29 is 23.8 Å². The number of nitrogens with one attached hydrogen (secondary N) is 1. The maximum absolute atomic E-state index is 12.5. The van der Waals surface area contributed by atoms with Gasteiger partial charge in [0.1, 0.15) is 0 Å². The van der Waals surface area contributed by atoms with E-state index in [2.05, 4.69) is 26.5 Å². The van der Waals surface area contributed by atoms with Crippen molar-refractivity contribution in [2.24, 2.45) is 11.0 Å². The summed E-state index contributed by atoms with van der Waals surface area (Å²) in [5.41, 5.74) is 3.93. The topological polar surface area (TPSA) is 89.5 Å². The van der Waals surface area contributed by atoms with Gasteiger partial charge in [0.05, 0.1) is 33.5 Å². The summed E-state index contributed by atoms with van der Waals surface area (Å²) >= 11 is 3.37. The Morgan fingerprint density at radius 1 is 1.13 bits per heavy atom. The number of hydrazone groups is 1. The number of methoxy groups -OCH3 is 3. The fraction of sp³-hybridized carbons (Fsp3) is 0.286. The molecule has 1 N–H and O–H groups in total. The number of halogens is 1. The summed E-state index contributed by atoms with van der Waals surface area (Å²) < 4.78 is 16.8. The van der Waals surface area contributed by atoms with Crippen LogP contribution in [0.3, 0.4) is 0 Å². The molecule has 2 amide bonds. The summed E-state index contributed by atoms with van der Waals surface area (Å²) in [4.78, 5) is 26.4. The van der Waals surface area contributed by atoms with Crippen LogP contribution in [0.1, 0.15) is 12.0 Å². The third kappa shape index (κ3) is 4.73. The Balaban J connectivity index is 1.65. The van der Waals surface area contributed by atoms with Gasteiger partial charge in [-0.05, 0) is 36.4 Å². The van der Waals surface area contributed by atoms with E-state index in [1.54, 1.807) is 17.0 Å². The second-order valence-corrected chi connectivity index (χ2v) is 7.49. The van der Waals surface area contributed by atoms with Crippen LogP contribution in [0.15, 0.2) is 46.0 Å². The summed E-state index contributed by atoms with van der Waals surface area (Å²) in [5.74, 6) is 0.557. The van der Waals surface area contributed by atoms with Crippen LogP contribution in [0.5, 0.6) is 17.2 Å². The van der Waals surface area contributed by atoms with Crippen molar-refractivity contribution in [2.45, 2.75) is 6.42 Å². The largest absolute Gasteiger partial charge is 0.493 e. The standard InChI is InChI=1S/C21H22BrN3O5/c1-28-17-8-13(9-18(29-2)20(17)30-3)11-23-24-21(27)14-10-19(26)25(12-14)16-6-4-15(22)5-7-16/h4-9,11,14H,10,12H2,1-3H3,(H,24,27)/b23-11-. The molecule has 9 heteroatoms. The molecule has 2 aromatic rings. The zero-order valence-corrected chi connectivity index (χ0v) is 18.4. The van der Waals surface area contributed by atoms with Crippen molar-refractivity contribution in [3.05, 3.63) is 46.4 Å². The minimum absolute atomic E-state index is 0.0916. The van der Waals surface area contributed by atoms with Crippen LogP contribution in [0, 0.1) is 5.92 Å². The van der Waals surface area contributed by atoms with E-state index in [9.17, 15) is 9.59 Å². The number of nitrogens with zero attached hydrogens (tertiary/aromatic N) is 2. The van der Waals surface area contributed by atoms with Crippen LogP contribution in [0.2, 0.25) is 0 Å². The van der Waals surface area contributed by atoms with Crippen molar-refractivity contribution in [3.8, 4) is 17.2 Å². The summed E-state index contributed by atoms with van der Waals surface area (Å²) in [6, 6.07) is 10.8. The Morgan fingerprint density at radius 3 is 2.33 bits per heavy atom. The molecular weight excluding hydrogens is 454 g/mol. The maximum Gasteiger partial charge on any atom is 0.245 e. The average molecular weight is 476 g/mol. The third-order valence-electron chi connectivity index (χ3n) is 4.71. The summed E-state index contributed by atoms with van der Waals surface area (Å²) in [7, 11) is 4.57. The Hall–Kier alpha value is -3.07. The molecule has 158 valence electrons. The van der Waals surface area contributed by atoms with Gasteiger partial charge < -0.3 is 19.1 Å². The van der Waals surface area contributed by atoms with Crippen LogP contribution in [0.4, 0.5) is 5.69 Å². The molecule has 0 aromatic heterocycles. The molecule has 0 radical (unpaired) electrons. The molecule has 30 heavy (non-hydrogen) atoms. The Labute approximate surface area is 182 Å².